The van der Waals surface area contributed by atoms with Crippen molar-refractivity contribution in [1.82, 2.24) is 10.2 Å². The van der Waals surface area contributed by atoms with E-state index < -0.39 is 0 Å². The van der Waals surface area contributed by atoms with Gasteiger partial charge in [-0.15, -0.1) is 0 Å². The van der Waals surface area contributed by atoms with E-state index in [4.69, 9.17) is 5.26 Å². The Bertz CT molecular complexity index is 302. The maximum absolute atomic E-state index is 9.16. The molecule has 1 N–H and O–H groups in total. The first kappa shape index (κ1) is 17.5. The van der Waals surface area contributed by atoms with Gasteiger partial charge in [-0.3, -0.25) is 0 Å². The van der Waals surface area contributed by atoms with E-state index in [1.54, 1.807) is 0 Å². The molecule has 0 aromatic heterocycles. The summed E-state index contributed by atoms with van der Waals surface area (Å²) in [6.45, 7) is 9.06. The van der Waals surface area contributed by atoms with Crippen molar-refractivity contribution >= 4 is 0 Å². The molecule has 0 spiro atoms. The lowest BCUT2D eigenvalue weighted by atomic mass is 9.96. The smallest absolute Gasteiger partial charge is 0.103 e. The van der Waals surface area contributed by atoms with Crippen LogP contribution in [0.2, 0.25) is 0 Å². The Morgan fingerprint density at radius 3 is 2.45 bits per heavy atom. The minimum atomic E-state index is -0.351. The zero-order chi connectivity index (χ0) is 15.0. The standard InChI is InChI=1S/C17H33N3/c1-15(2)13-20(16-9-5-6-10-16)12-8-7-11-17(3,14-18)19-4/h15-16,19H,5-13H2,1-4H3. The highest BCUT2D eigenvalue weighted by atomic mass is 15.2. The number of hydrogen-bond acceptors (Lipinski definition) is 3. The quantitative estimate of drug-likeness (QED) is 0.656. The summed E-state index contributed by atoms with van der Waals surface area (Å²) in [6, 6.07) is 3.20. The van der Waals surface area contributed by atoms with E-state index >= 15 is 0 Å². The highest BCUT2D eigenvalue weighted by Crippen LogP contribution is 2.25. The average molecular weight is 279 g/mol. The third kappa shape index (κ3) is 5.81. The van der Waals surface area contributed by atoms with Crippen molar-refractivity contribution in [2.75, 3.05) is 20.1 Å². The summed E-state index contributed by atoms with van der Waals surface area (Å²) < 4.78 is 0. The molecule has 1 saturated carbocycles. The zero-order valence-electron chi connectivity index (χ0n) is 13.9. The Kier molecular flexibility index (Phi) is 7.55. The van der Waals surface area contributed by atoms with Crippen molar-refractivity contribution in [2.24, 2.45) is 5.92 Å². The molecule has 0 aromatic carbocycles. The molecule has 1 rings (SSSR count). The molecule has 0 radical (unpaired) electrons. The Morgan fingerprint density at radius 1 is 1.30 bits per heavy atom. The normalized spacial score (nSPS) is 19.4. The van der Waals surface area contributed by atoms with Crippen LogP contribution in [0.3, 0.4) is 0 Å². The molecule has 116 valence electrons. The second kappa shape index (κ2) is 8.64. The summed E-state index contributed by atoms with van der Waals surface area (Å²) in [7, 11) is 1.88. The first-order valence-corrected chi connectivity index (χ1v) is 8.35. The van der Waals surface area contributed by atoms with Gasteiger partial charge in [-0.05, 0) is 58.5 Å². The Hall–Kier alpha value is -0.590. The lowest BCUT2D eigenvalue weighted by Crippen LogP contribution is -2.39. The van der Waals surface area contributed by atoms with Crippen molar-refractivity contribution in [1.29, 1.82) is 5.26 Å². The highest BCUT2D eigenvalue weighted by Gasteiger charge is 2.24. The van der Waals surface area contributed by atoms with Gasteiger partial charge in [-0.1, -0.05) is 26.7 Å². The fourth-order valence-corrected chi connectivity index (χ4v) is 3.19. The minimum Gasteiger partial charge on any atom is -0.303 e. The number of rotatable bonds is 9. The van der Waals surface area contributed by atoms with Gasteiger partial charge in [0.1, 0.15) is 5.54 Å². The number of unbranched alkanes of at least 4 members (excludes halogenated alkanes) is 1. The first-order chi connectivity index (χ1) is 9.50. The largest absolute Gasteiger partial charge is 0.303 e. The van der Waals surface area contributed by atoms with E-state index in [2.05, 4.69) is 30.1 Å². The molecule has 1 unspecified atom stereocenters. The van der Waals surface area contributed by atoms with Crippen LogP contribution in [0.5, 0.6) is 0 Å². The van der Waals surface area contributed by atoms with Crippen LogP contribution in [0.15, 0.2) is 0 Å². The molecule has 0 amide bonds. The molecular weight excluding hydrogens is 246 g/mol. The fourth-order valence-electron chi connectivity index (χ4n) is 3.19. The van der Waals surface area contributed by atoms with Crippen LogP contribution < -0.4 is 5.32 Å². The van der Waals surface area contributed by atoms with Gasteiger partial charge < -0.3 is 10.2 Å². The van der Waals surface area contributed by atoms with Crippen LogP contribution in [0.25, 0.3) is 0 Å². The third-order valence-electron chi connectivity index (χ3n) is 4.61. The van der Waals surface area contributed by atoms with Crippen LogP contribution in [0.4, 0.5) is 0 Å². The Labute approximate surface area is 125 Å². The fraction of sp³-hybridized carbons (Fsp3) is 0.941. The molecule has 1 fully saturated rings. The molecule has 0 saturated heterocycles. The van der Waals surface area contributed by atoms with Crippen LogP contribution in [-0.4, -0.2) is 36.6 Å². The van der Waals surface area contributed by atoms with E-state index in [1.165, 1.54) is 45.2 Å². The second-order valence-corrected chi connectivity index (χ2v) is 6.98. The molecule has 1 atom stereocenters. The van der Waals surface area contributed by atoms with Gasteiger partial charge in [-0.25, -0.2) is 0 Å². The van der Waals surface area contributed by atoms with Crippen molar-refractivity contribution < 1.29 is 0 Å². The van der Waals surface area contributed by atoms with E-state index in [1.807, 2.05) is 14.0 Å². The van der Waals surface area contributed by atoms with Crippen LogP contribution in [0.1, 0.15) is 65.7 Å². The van der Waals surface area contributed by atoms with Gasteiger partial charge in [-0.2, -0.15) is 5.26 Å². The predicted molar refractivity (Wildman–Crippen MR) is 85.6 cm³/mol. The summed E-state index contributed by atoms with van der Waals surface area (Å²) in [5.74, 6) is 0.747. The number of hydrogen-bond donors (Lipinski definition) is 1. The lowest BCUT2D eigenvalue weighted by Gasteiger charge is -2.31. The van der Waals surface area contributed by atoms with Gasteiger partial charge in [0.25, 0.3) is 0 Å². The maximum Gasteiger partial charge on any atom is 0.103 e. The van der Waals surface area contributed by atoms with E-state index in [0.29, 0.717) is 0 Å². The molecule has 0 bridgehead atoms. The number of nitriles is 1. The topological polar surface area (TPSA) is 39.1 Å². The molecule has 1 aliphatic carbocycles. The van der Waals surface area contributed by atoms with Crippen LogP contribution in [0, 0.1) is 17.2 Å². The SMILES string of the molecule is CNC(C)(C#N)CCCCN(CC(C)C)C1CCCC1. The van der Waals surface area contributed by atoms with Gasteiger partial charge >= 0.3 is 0 Å². The Balaban J connectivity index is 2.33. The van der Waals surface area contributed by atoms with E-state index in [0.717, 1.165) is 24.8 Å². The van der Waals surface area contributed by atoms with E-state index in [9.17, 15) is 0 Å². The van der Waals surface area contributed by atoms with Crippen molar-refractivity contribution in [3.05, 3.63) is 0 Å². The molecule has 3 nitrogen and oxygen atoms in total. The zero-order valence-corrected chi connectivity index (χ0v) is 13.9. The van der Waals surface area contributed by atoms with Gasteiger partial charge in [0.05, 0.1) is 6.07 Å². The van der Waals surface area contributed by atoms with Crippen molar-refractivity contribution in [2.45, 2.75) is 77.3 Å². The molecule has 0 heterocycles. The Morgan fingerprint density at radius 2 is 1.95 bits per heavy atom. The molecular formula is C17H33N3. The number of nitrogens with one attached hydrogen (secondary N) is 1. The predicted octanol–water partition coefficient (Wildman–Crippen LogP) is 3.56. The first-order valence-electron chi connectivity index (χ1n) is 8.35. The average Bonchev–Trinajstić information content (AvgIpc) is 2.95. The van der Waals surface area contributed by atoms with Crippen LogP contribution in [-0.2, 0) is 0 Å². The van der Waals surface area contributed by atoms with Gasteiger partial charge in [0.15, 0.2) is 0 Å². The summed E-state index contributed by atoms with van der Waals surface area (Å²) in [5, 5.41) is 12.3. The molecule has 0 aliphatic heterocycles. The van der Waals surface area contributed by atoms with Crippen molar-refractivity contribution in [3.8, 4) is 6.07 Å². The van der Waals surface area contributed by atoms with Crippen LogP contribution >= 0.6 is 0 Å². The third-order valence-corrected chi connectivity index (χ3v) is 4.61. The molecule has 20 heavy (non-hydrogen) atoms. The molecule has 0 aromatic rings. The summed E-state index contributed by atoms with van der Waals surface area (Å²) in [6.07, 6.45) is 8.88. The van der Waals surface area contributed by atoms with Gasteiger partial charge in [0, 0.05) is 12.6 Å². The molecule has 3 heteroatoms. The summed E-state index contributed by atoms with van der Waals surface area (Å²) in [5.41, 5.74) is -0.351. The number of nitrogens with zero attached hydrogens (tertiary/aromatic N) is 2. The maximum atomic E-state index is 9.16. The minimum absolute atomic E-state index is 0.351. The van der Waals surface area contributed by atoms with Crippen molar-refractivity contribution in [3.63, 3.8) is 0 Å². The van der Waals surface area contributed by atoms with Gasteiger partial charge in [0.2, 0.25) is 0 Å². The molecule has 1 aliphatic rings. The monoisotopic (exact) mass is 279 g/mol. The lowest BCUT2D eigenvalue weighted by molar-refractivity contribution is 0.172. The second-order valence-electron chi connectivity index (χ2n) is 6.98. The highest BCUT2D eigenvalue weighted by molar-refractivity contribution is 5.02. The van der Waals surface area contributed by atoms with E-state index in [-0.39, 0.29) is 5.54 Å². The summed E-state index contributed by atoms with van der Waals surface area (Å²) in [4.78, 5) is 2.71. The summed E-state index contributed by atoms with van der Waals surface area (Å²) >= 11 is 0.